The van der Waals surface area contributed by atoms with Crippen LogP contribution in [-0.2, 0) is 27.1 Å². The molecule has 0 N–H and O–H groups in total. The van der Waals surface area contributed by atoms with E-state index in [0.717, 1.165) is 11.2 Å². The summed E-state index contributed by atoms with van der Waals surface area (Å²) < 4.78 is 6.98. The summed E-state index contributed by atoms with van der Waals surface area (Å²) >= 11 is 0. The summed E-state index contributed by atoms with van der Waals surface area (Å²) in [6, 6.07) is 48.8. The van der Waals surface area contributed by atoms with Gasteiger partial charge in [-0.05, 0) is 114 Å². The number of fused-ring (bicyclic) bond motifs is 13. The van der Waals surface area contributed by atoms with Crippen molar-refractivity contribution in [2.45, 2.75) is 110 Å². The van der Waals surface area contributed by atoms with Crippen LogP contribution in [0.2, 0.25) is 0 Å². The Morgan fingerprint density at radius 1 is 0.459 bits per heavy atom. The fraction of sp³-hybridized carbons (Fsp3) is 0.288. The summed E-state index contributed by atoms with van der Waals surface area (Å²) in [4.78, 5) is 2.61. The zero-order chi connectivity index (χ0) is 42.8. The van der Waals surface area contributed by atoms with Gasteiger partial charge in [0.15, 0.2) is 0 Å². The van der Waals surface area contributed by atoms with Crippen LogP contribution in [-0.4, -0.2) is 0 Å². The zero-order valence-electron chi connectivity index (χ0n) is 38.0. The lowest BCUT2D eigenvalue weighted by Crippen LogP contribution is -2.22. The molecule has 0 radical (unpaired) electrons. The van der Waals surface area contributed by atoms with E-state index < -0.39 is 0 Å². The van der Waals surface area contributed by atoms with Gasteiger partial charge in [0.2, 0.25) is 0 Å². The van der Waals surface area contributed by atoms with E-state index in [-0.39, 0.29) is 27.1 Å². The van der Waals surface area contributed by atoms with E-state index in [0.29, 0.717) is 0 Å². The highest BCUT2D eigenvalue weighted by Gasteiger charge is 2.44. The Hall–Kier alpha value is -5.86. The molecule has 304 valence electrons. The Morgan fingerprint density at radius 3 is 1.77 bits per heavy atom. The molecule has 7 aromatic carbocycles. The second-order valence-corrected chi connectivity index (χ2v) is 21.8. The van der Waals surface area contributed by atoms with Crippen molar-refractivity contribution in [2.24, 2.45) is 0 Å². The first-order valence-corrected chi connectivity index (χ1v) is 22.3. The van der Waals surface area contributed by atoms with Crippen molar-refractivity contribution >= 4 is 39.0 Å². The van der Waals surface area contributed by atoms with E-state index in [1.165, 1.54) is 106 Å². The van der Waals surface area contributed by atoms with Gasteiger partial charge < -0.3 is 9.32 Å². The first-order chi connectivity index (χ1) is 28.8. The Balaban J connectivity index is 1.22. The molecule has 0 bridgehead atoms. The topological polar surface area (TPSA) is 16.4 Å². The smallest absolute Gasteiger partial charge is 0.139 e. The Kier molecular flexibility index (Phi) is 7.59. The van der Waals surface area contributed by atoms with Crippen LogP contribution in [0.4, 0.5) is 17.1 Å². The minimum Gasteiger partial charge on any atom is -0.456 e. The molecule has 0 atom stereocenters. The van der Waals surface area contributed by atoms with Crippen LogP contribution in [0.1, 0.15) is 128 Å². The van der Waals surface area contributed by atoms with E-state index in [1.807, 2.05) is 0 Å². The monoisotopic (exact) mass is 795 g/mol. The second-order valence-electron chi connectivity index (χ2n) is 21.8. The van der Waals surface area contributed by atoms with Crippen LogP contribution in [0.5, 0.6) is 0 Å². The number of hydrogen-bond acceptors (Lipinski definition) is 2. The molecule has 0 fully saturated rings. The maximum absolute atomic E-state index is 6.98. The summed E-state index contributed by atoms with van der Waals surface area (Å²) in [5.41, 5.74) is 23.6. The van der Waals surface area contributed by atoms with Gasteiger partial charge in [-0.15, -0.1) is 0 Å². The number of rotatable bonds is 3. The molecule has 3 aliphatic carbocycles. The standard InChI is InChI=1S/C59H57NO/c1-55(2,3)34-31-40-52-49(61-54(40)46(32-34)56(4,5)6)30-29-44-51(52)39-21-17-26-48(53(39)59(44,11)12)60(35-27-28-37-36-19-13-15-22-41(36)58(9,10)45(37)33-35)47-25-18-24-43-50(47)38-20-14-16-23-42(38)57(43,7)8/h13-33H,1-12H3. The largest absolute Gasteiger partial charge is 0.456 e. The van der Waals surface area contributed by atoms with E-state index in [2.05, 4.69) is 215 Å². The van der Waals surface area contributed by atoms with E-state index >= 15 is 0 Å². The molecule has 0 aliphatic heterocycles. The van der Waals surface area contributed by atoms with E-state index in [9.17, 15) is 0 Å². The van der Waals surface area contributed by atoms with Crippen molar-refractivity contribution in [3.8, 4) is 33.4 Å². The van der Waals surface area contributed by atoms with Gasteiger partial charge in [0.25, 0.3) is 0 Å². The lowest BCUT2D eigenvalue weighted by molar-refractivity contribution is 0.559. The van der Waals surface area contributed by atoms with E-state index in [4.69, 9.17) is 4.42 Å². The van der Waals surface area contributed by atoms with Crippen LogP contribution in [0.15, 0.2) is 132 Å². The van der Waals surface area contributed by atoms with Crippen LogP contribution >= 0.6 is 0 Å². The highest BCUT2D eigenvalue weighted by atomic mass is 16.3. The molecule has 1 aromatic heterocycles. The highest BCUT2D eigenvalue weighted by Crippen LogP contribution is 2.61. The van der Waals surface area contributed by atoms with Gasteiger partial charge in [-0.25, -0.2) is 0 Å². The predicted molar refractivity (Wildman–Crippen MR) is 258 cm³/mol. The molecule has 61 heavy (non-hydrogen) atoms. The molecule has 0 unspecified atom stereocenters. The first-order valence-electron chi connectivity index (χ1n) is 22.3. The van der Waals surface area contributed by atoms with Gasteiger partial charge in [0.05, 0.1) is 11.4 Å². The lowest BCUT2D eigenvalue weighted by atomic mass is 9.79. The summed E-state index contributed by atoms with van der Waals surface area (Å²) in [5, 5.41) is 2.45. The maximum Gasteiger partial charge on any atom is 0.139 e. The normalized spacial score (nSPS) is 16.3. The third-order valence-corrected chi connectivity index (χ3v) is 14.9. The molecule has 8 aromatic rings. The molecule has 3 aliphatic rings. The molecule has 0 saturated heterocycles. The molecule has 0 amide bonds. The Bertz CT molecular complexity index is 3190. The van der Waals surface area contributed by atoms with Crippen LogP contribution in [0, 0.1) is 0 Å². The molecular formula is C59H57NO. The maximum atomic E-state index is 6.98. The van der Waals surface area contributed by atoms with Crippen LogP contribution in [0.25, 0.3) is 55.3 Å². The fourth-order valence-corrected chi connectivity index (χ4v) is 11.6. The third kappa shape index (κ3) is 5.08. The predicted octanol–water partition coefficient (Wildman–Crippen LogP) is 16.6. The SMILES string of the molecule is CC(C)(C)c1cc(C(C)(C)C)c2oc3ccc4c(c3c2c1)-c1cccc(N(c2ccc3c(c2)C(C)(C)c2ccccc2-3)c2cccc3c2-c2ccccc2C3(C)C)c1C4(C)C. The molecule has 0 saturated carbocycles. The van der Waals surface area contributed by atoms with Crippen molar-refractivity contribution in [1.82, 2.24) is 0 Å². The summed E-state index contributed by atoms with van der Waals surface area (Å²) in [6.45, 7) is 28.3. The Labute approximate surface area is 362 Å². The summed E-state index contributed by atoms with van der Waals surface area (Å²) in [6.07, 6.45) is 0. The van der Waals surface area contributed by atoms with Crippen molar-refractivity contribution in [3.05, 3.63) is 172 Å². The molecule has 2 nitrogen and oxygen atoms in total. The van der Waals surface area contributed by atoms with Gasteiger partial charge in [-0.2, -0.15) is 0 Å². The molecular weight excluding hydrogens is 739 g/mol. The quantitative estimate of drug-likeness (QED) is 0.177. The lowest BCUT2D eigenvalue weighted by Gasteiger charge is -2.34. The average Bonchev–Trinajstić information content (AvgIpc) is 3.86. The molecule has 0 spiro atoms. The third-order valence-electron chi connectivity index (χ3n) is 14.9. The van der Waals surface area contributed by atoms with Crippen molar-refractivity contribution in [2.75, 3.05) is 4.90 Å². The van der Waals surface area contributed by atoms with Gasteiger partial charge in [0, 0.05) is 43.8 Å². The van der Waals surface area contributed by atoms with Gasteiger partial charge in [-0.3, -0.25) is 0 Å². The summed E-state index contributed by atoms with van der Waals surface area (Å²) in [5.74, 6) is 0. The van der Waals surface area contributed by atoms with Gasteiger partial charge in [0.1, 0.15) is 11.2 Å². The number of benzene rings is 7. The highest BCUT2D eigenvalue weighted by molar-refractivity contribution is 6.16. The minimum absolute atomic E-state index is 0.0183. The van der Waals surface area contributed by atoms with Crippen molar-refractivity contribution < 1.29 is 4.42 Å². The van der Waals surface area contributed by atoms with Crippen LogP contribution < -0.4 is 4.90 Å². The minimum atomic E-state index is -0.312. The summed E-state index contributed by atoms with van der Waals surface area (Å²) in [7, 11) is 0. The Morgan fingerprint density at radius 2 is 1.05 bits per heavy atom. The average molecular weight is 796 g/mol. The van der Waals surface area contributed by atoms with Crippen molar-refractivity contribution in [3.63, 3.8) is 0 Å². The number of furan rings is 1. The molecule has 1 heterocycles. The first kappa shape index (κ1) is 38.1. The fourth-order valence-electron chi connectivity index (χ4n) is 11.6. The second kappa shape index (κ2) is 12.2. The zero-order valence-corrected chi connectivity index (χ0v) is 38.0. The van der Waals surface area contributed by atoms with Crippen LogP contribution in [0.3, 0.4) is 0 Å². The molecule has 2 heteroatoms. The van der Waals surface area contributed by atoms with Gasteiger partial charge >= 0.3 is 0 Å². The number of anilines is 3. The number of nitrogens with zero attached hydrogens (tertiary/aromatic N) is 1. The van der Waals surface area contributed by atoms with Gasteiger partial charge in [-0.1, -0.05) is 174 Å². The number of hydrogen-bond donors (Lipinski definition) is 0. The van der Waals surface area contributed by atoms with Crippen molar-refractivity contribution in [1.29, 1.82) is 0 Å². The van der Waals surface area contributed by atoms with E-state index in [1.54, 1.807) is 0 Å². The molecule has 11 rings (SSSR count).